The fourth-order valence-electron chi connectivity index (χ4n) is 2.41. The minimum absolute atomic E-state index is 0.775. The van der Waals surface area contributed by atoms with Crippen LogP contribution >= 0.6 is 0 Å². The van der Waals surface area contributed by atoms with E-state index >= 15 is 0 Å². The standard InChI is InChI=1S/C16H19N3O/c1-3-13-10-15(17-4-2)19-16(18-13)12-5-6-14-11(9-12)7-8-20-14/h5-6,9-10H,3-4,7-8H2,1-2H3,(H,17,18,19). The first-order valence-electron chi connectivity index (χ1n) is 7.18. The number of nitrogens with one attached hydrogen (secondary N) is 1. The minimum Gasteiger partial charge on any atom is -0.493 e. The van der Waals surface area contributed by atoms with Crippen molar-refractivity contribution in [2.75, 3.05) is 18.5 Å². The van der Waals surface area contributed by atoms with Crippen LogP contribution in [-0.2, 0) is 12.8 Å². The number of nitrogens with zero attached hydrogens (tertiary/aromatic N) is 2. The summed E-state index contributed by atoms with van der Waals surface area (Å²) in [7, 11) is 0. The SMILES string of the molecule is CCNc1cc(CC)nc(-c2ccc3c(c2)CCO3)n1. The molecule has 1 aromatic carbocycles. The van der Waals surface area contributed by atoms with Crippen LogP contribution in [0.25, 0.3) is 11.4 Å². The van der Waals surface area contributed by atoms with E-state index < -0.39 is 0 Å². The van der Waals surface area contributed by atoms with Gasteiger partial charge in [-0.05, 0) is 37.1 Å². The average molecular weight is 269 g/mol. The molecule has 20 heavy (non-hydrogen) atoms. The summed E-state index contributed by atoms with van der Waals surface area (Å²) >= 11 is 0. The third-order valence-corrected chi connectivity index (χ3v) is 3.45. The van der Waals surface area contributed by atoms with Crippen LogP contribution in [0.5, 0.6) is 5.75 Å². The highest BCUT2D eigenvalue weighted by atomic mass is 16.5. The Morgan fingerprint density at radius 1 is 1.20 bits per heavy atom. The first-order chi connectivity index (χ1) is 9.80. The Labute approximate surface area is 119 Å². The zero-order chi connectivity index (χ0) is 13.9. The lowest BCUT2D eigenvalue weighted by molar-refractivity contribution is 0.357. The fraction of sp³-hybridized carbons (Fsp3) is 0.375. The molecule has 0 unspecified atom stereocenters. The van der Waals surface area contributed by atoms with Gasteiger partial charge >= 0.3 is 0 Å². The molecule has 3 rings (SSSR count). The Hall–Kier alpha value is -2.10. The van der Waals surface area contributed by atoms with Crippen LogP contribution in [0, 0.1) is 0 Å². The summed E-state index contributed by atoms with van der Waals surface area (Å²) in [5, 5.41) is 3.27. The molecule has 4 nitrogen and oxygen atoms in total. The van der Waals surface area contributed by atoms with E-state index in [2.05, 4.69) is 35.2 Å². The van der Waals surface area contributed by atoms with Gasteiger partial charge in [0.15, 0.2) is 5.82 Å². The summed E-state index contributed by atoms with van der Waals surface area (Å²) in [5.41, 5.74) is 3.37. The number of hydrogen-bond acceptors (Lipinski definition) is 4. The van der Waals surface area contributed by atoms with E-state index in [1.807, 2.05) is 18.2 Å². The number of rotatable bonds is 4. The molecular formula is C16H19N3O. The normalized spacial score (nSPS) is 12.9. The van der Waals surface area contributed by atoms with E-state index in [0.29, 0.717) is 0 Å². The number of ether oxygens (including phenoxy) is 1. The second-order valence-electron chi connectivity index (χ2n) is 4.87. The first-order valence-corrected chi connectivity index (χ1v) is 7.18. The predicted octanol–water partition coefficient (Wildman–Crippen LogP) is 3.07. The molecule has 1 aliphatic rings. The maximum absolute atomic E-state index is 5.54. The Bertz CT molecular complexity index is 625. The molecule has 4 heteroatoms. The largest absolute Gasteiger partial charge is 0.493 e. The van der Waals surface area contributed by atoms with Gasteiger partial charge in [-0.1, -0.05) is 6.92 Å². The molecule has 0 atom stereocenters. The average Bonchev–Trinajstić information content (AvgIpc) is 2.94. The van der Waals surface area contributed by atoms with E-state index in [1.54, 1.807) is 0 Å². The van der Waals surface area contributed by atoms with Gasteiger partial charge in [-0.15, -0.1) is 0 Å². The van der Waals surface area contributed by atoms with Crippen molar-refractivity contribution in [1.82, 2.24) is 9.97 Å². The molecule has 0 radical (unpaired) electrons. The molecule has 1 N–H and O–H groups in total. The van der Waals surface area contributed by atoms with Gasteiger partial charge in [0.1, 0.15) is 11.6 Å². The predicted molar refractivity (Wildman–Crippen MR) is 80.2 cm³/mol. The van der Waals surface area contributed by atoms with Crippen molar-refractivity contribution in [3.63, 3.8) is 0 Å². The van der Waals surface area contributed by atoms with Crippen LogP contribution in [-0.4, -0.2) is 23.1 Å². The molecule has 2 heterocycles. The molecule has 2 aromatic rings. The lowest BCUT2D eigenvalue weighted by Gasteiger charge is -2.09. The number of anilines is 1. The first kappa shape index (κ1) is 12.9. The summed E-state index contributed by atoms with van der Waals surface area (Å²) in [6, 6.07) is 8.22. The maximum Gasteiger partial charge on any atom is 0.161 e. The molecule has 0 fully saturated rings. The van der Waals surface area contributed by atoms with Crippen molar-refractivity contribution in [2.45, 2.75) is 26.7 Å². The highest BCUT2D eigenvalue weighted by molar-refractivity contribution is 5.61. The van der Waals surface area contributed by atoms with Crippen molar-refractivity contribution >= 4 is 5.82 Å². The lowest BCUT2D eigenvalue weighted by Crippen LogP contribution is -2.03. The second-order valence-corrected chi connectivity index (χ2v) is 4.87. The molecule has 104 valence electrons. The summed E-state index contributed by atoms with van der Waals surface area (Å²) in [4.78, 5) is 9.24. The fourth-order valence-corrected chi connectivity index (χ4v) is 2.41. The Kier molecular flexibility index (Phi) is 3.54. The molecule has 0 aliphatic carbocycles. The van der Waals surface area contributed by atoms with Gasteiger partial charge in [-0.2, -0.15) is 0 Å². The molecule has 0 spiro atoms. The van der Waals surface area contributed by atoms with Crippen LogP contribution in [0.15, 0.2) is 24.3 Å². The van der Waals surface area contributed by atoms with Crippen LogP contribution in [0.2, 0.25) is 0 Å². The Balaban J connectivity index is 2.02. The molecule has 0 amide bonds. The van der Waals surface area contributed by atoms with Crippen molar-refractivity contribution in [2.24, 2.45) is 0 Å². The molecular weight excluding hydrogens is 250 g/mol. The molecule has 0 bridgehead atoms. The topological polar surface area (TPSA) is 47.0 Å². The van der Waals surface area contributed by atoms with E-state index in [9.17, 15) is 0 Å². The summed E-state index contributed by atoms with van der Waals surface area (Å²) in [5.74, 6) is 2.67. The van der Waals surface area contributed by atoms with Crippen LogP contribution < -0.4 is 10.1 Å². The quantitative estimate of drug-likeness (QED) is 0.926. The molecule has 0 saturated carbocycles. The van der Waals surface area contributed by atoms with Crippen molar-refractivity contribution < 1.29 is 4.74 Å². The molecule has 0 saturated heterocycles. The van der Waals surface area contributed by atoms with Crippen molar-refractivity contribution in [1.29, 1.82) is 0 Å². The van der Waals surface area contributed by atoms with Gasteiger partial charge in [0, 0.05) is 30.3 Å². The zero-order valence-electron chi connectivity index (χ0n) is 11.9. The number of aromatic nitrogens is 2. The number of hydrogen-bond donors (Lipinski definition) is 1. The summed E-state index contributed by atoms with van der Waals surface area (Å²) in [6.45, 7) is 5.81. The van der Waals surface area contributed by atoms with Gasteiger partial charge < -0.3 is 10.1 Å². The van der Waals surface area contributed by atoms with Crippen LogP contribution in [0.3, 0.4) is 0 Å². The van der Waals surface area contributed by atoms with Gasteiger partial charge in [0.25, 0.3) is 0 Å². The van der Waals surface area contributed by atoms with E-state index in [4.69, 9.17) is 4.74 Å². The number of benzene rings is 1. The Morgan fingerprint density at radius 3 is 2.90 bits per heavy atom. The summed E-state index contributed by atoms with van der Waals surface area (Å²) < 4.78 is 5.54. The van der Waals surface area contributed by atoms with Crippen LogP contribution in [0.4, 0.5) is 5.82 Å². The summed E-state index contributed by atoms with van der Waals surface area (Å²) in [6.07, 6.45) is 1.87. The van der Waals surface area contributed by atoms with Crippen molar-refractivity contribution in [3.05, 3.63) is 35.5 Å². The zero-order valence-corrected chi connectivity index (χ0v) is 11.9. The van der Waals surface area contributed by atoms with E-state index in [1.165, 1.54) is 5.56 Å². The van der Waals surface area contributed by atoms with Gasteiger partial charge in [-0.3, -0.25) is 0 Å². The van der Waals surface area contributed by atoms with E-state index in [-0.39, 0.29) is 0 Å². The molecule has 1 aromatic heterocycles. The van der Waals surface area contributed by atoms with Gasteiger partial charge in [-0.25, -0.2) is 9.97 Å². The third-order valence-electron chi connectivity index (χ3n) is 3.45. The Morgan fingerprint density at radius 2 is 2.10 bits per heavy atom. The third kappa shape index (κ3) is 2.46. The van der Waals surface area contributed by atoms with Crippen molar-refractivity contribution in [3.8, 4) is 17.1 Å². The maximum atomic E-state index is 5.54. The van der Waals surface area contributed by atoms with E-state index in [0.717, 1.165) is 54.6 Å². The monoisotopic (exact) mass is 269 g/mol. The highest BCUT2D eigenvalue weighted by Crippen LogP contribution is 2.29. The molecule has 1 aliphatic heterocycles. The highest BCUT2D eigenvalue weighted by Gasteiger charge is 2.14. The second kappa shape index (κ2) is 5.49. The smallest absolute Gasteiger partial charge is 0.161 e. The van der Waals surface area contributed by atoms with Gasteiger partial charge in [0.2, 0.25) is 0 Å². The van der Waals surface area contributed by atoms with Crippen LogP contribution in [0.1, 0.15) is 25.1 Å². The minimum atomic E-state index is 0.775. The number of fused-ring (bicyclic) bond motifs is 1. The number of aryl methyl sites for hydroxylation is 1. The lowest BCUT2D eigenvalue weighted by atomic mass is 10.1. The van der Waals surface area contributed by atoms with Gasteiger partial charge in [0.05, 0.1) is 6.61 Å².